The summed E-state index contributed by atoms with van der Waals surface area (Å²) < 4.78 is 39.0. The molecule has 0 aliphatic heterocycles. The lowest BCUT2D eigenvalue weighted by Crippen LogP contribution is -2.09. The number of H-pyrrole nitrogens is 1. The second-order valence-electron chi connectivity index (χ2n) is 3.71. The topological polar surface area (TPSA) is 28.7 Å². The zero-order valence-electron chi connectivity index (χ0n) is 9.58. The van der Waals surface area contributed by atoms with Crippen molar-refractivity contribution in [1.82, 2.24) is 9.97 Å². The van der Waals surface area contributed by atoms with Crippen molar-refractivity contribution in [3.05, 3.63) is 41.7 Å². The molecule has 2 rings (SSSR count). The lowest BCUT2D eigenvalue weighted by Gasteiger charge is -2.15. The van der Waals surface area contributed by atoms with E-state index in [1.54, 1.807) is 6.07 Å². The molecule has 1 heterocycles. The molecule has 1 aromatic heterocycles. The van der Waals surface area contributed by atoms with Crippen molar-refractivity contribution < 1.29 is 13.2 Å². The molecular weight excluding hydrogens is 261 g/mol. The highest BCUT2D eigenvalue weighted by atomic mass is 32.2. The van der Waals surface area contributed by atoms with Crippen molar-refractivity contribution in [2.24, 2.45) is 0 Å². The zero-order chi connectivity index (χ0) is 13.2. The first-order chi connectivity index (χ1) is 8.54. The van der Waals surface area contributed by atoms with Gasteiger partial charge in [0.05, 0.1) is 5.56 Å². The molecule has 6 heteroatoms. The fourth-order valence-corrected chi connectivity index (χ4v) is 2.35. The Bertz CT molecular complexity index is 521. The number of aromatic amines is 1. The van der Waals surface area contributed by atoms with E-state index >= 15 is 0 Å². The van der Waals surface area contributed by atoms with E-state index in [0.717, 1.165) is 6.07 Å². The molecule has 96 valence electrons. The first-order valence-electron chi connectivity index (χ1n) is 5.22. The number of aromatic nitrogens is 2. The number of benzene rings is 1. The average Bonchev–Trinajstić information content (AvgIpc) is 2.81. The minimum atomic E-state index is -4.38. The predicted octanol–water partition coefficient (Wildman–Crippen LogP) is 3.96. The minimum Gasteiger partial charge on any atom is -0.345 e. The van der Waals surface area contributed by atoms with E-state index in [9.17, 15) is 13.2 Å². The van der Waals surface area contributed by atoms with Crippen LogP contribution in [0.5, 0.6) is 0 Å². The molecule has 0 spiro atoms. The van der Waals surface area contributed by atoms with Crippen molar-refractivity contribution in [3.63, 3.8) is 0 Å². The van der Waals surface area contributed by atoms with Crippen LogP contribution in [0.25, 0.3) is 11.4 Å². The molecule has 0 radical (unpaired) electrons. The maximum atomic E-state index is 13.0. The van der Waals surface area contributed by atoms with Crippen LogP contribution in [0.3, 0.4) is 0 Å². The average molecular weight is 272 g/mol. The Hall–Kier alpha value is -1.43. The molecular formula is C12H11F3N2S. The highest BCUT2D eigenvalue weighted by molar-refractivity contribution is 7.97. The van der Waals surface area contributed by atoms with Crippen molar-refractivity contribution in [2.45, 2.75) is 11.9 Å². The number of hydrogen-bond donors (Lipinski definition) is 1. The SMILES string of the molecule is CSCc1cccc(C(F)(F)F)c1-c1ncc[nH]1. The Balaban J connectivity index is 2.64. The molecule has 0 aliphatic carbocycles. The van der Waals surface area contributed by atoms with Gasteiger partial charge in [0.2, 0.25) is 0 Å². The lowest BCUT2D eigenvalue weighted by atomic mass is 10.0. The van der Waals surface area contributed by atoms with Crippen LogP contribution in [-0.2, 0) is 11.9 Å². The van der Waals surface area contributed by atoms with E-state index in [-0.39, 0.29) is 11.4 Å². The summed E-state index contributed by atoms with van der Waals surface area (Å²) in [5.74, 6) is 0.770. The molecule has 0 aliphatic rings. The molecule has 1 N–H and O–H groups in total. The van der Waals surface area contributed by atoms with Gasteiger partial charge >= 0.3 is 6.18 Å². The van der Waals surface area contributed by atoms with Crippen LogP contribution in [0.1, 0.15) is 11.1 Å². The standard InChI is InChI=1S/C12H11F3N2S/c1-18-7-8-3-2-4-9(12(13,14)15)10(8)11-16-5-6-17-11/h2-6H,7H2,1H3,(H,16,17). The highest BCUT2D eigenvalue weighted by Gasteiger charge is 2.35. The molecule has 18 heavy (non-hydrogen) atoms. The Morgan fingerprint density at radius 2 is 2.11 bits per heavy atom. The fourth-order valence-electron chi connectivity index (χ4n) is 1.79. The third-order valence-corrected chi connectivity index (χ3v) is 3.09. The van der Waals surface area contributed by atoms with E-state index < -0.39 is 11.7 Å². The van der Waals surface area contributed by atoms with Gasteiger partial charge in [-0.1, -0.05) is 12.1 Å². The van der Waals surface area contributed by atoms with Gasteiger partial charge in [-0.15, -0.1) is 0 Å². The first-order valence-corrected chi connectivity index (χ1v) is 6.61. The number of halogens is 3. The minimum absolute atomic E-state index is 0.143. The second kappa shape index (κ2) is 5.06. The van der Waals surface area contributed by atoms with Crippen LogP contribution in [0, 0.1) is 0 Å². The molecule has 2 nitrogen and oxygen atoms in total. The molecule has 0 unspecified atom stereocenters. The summed E-state index contributed by atoms with van der Waals surface area (Å²) in [6.07, 6.45) is 0.444. The number of imidazole rings is 1. The third kappa shape index (κ3) is 2.53. The number of rotatable bonds is 3. The molecule has 0 bridgehead atoms. The number of nitrogens with one attached hydrogen (secondary N) is 1. The Morgan fingerprint density at radius 1 is 1.33 bits per heavy atom. The molecule has 2 aromatic rings. The Labute approximate surface area is 107 Å². The Kier molecular flexibility index (Phi) is 3.65. The summed E-state index contributed by atoms with van der Waals surface area (Å²) in [5.41, 5.74) is 0.126. The molecule has 0 amide bonds. The number of thioether (sulfide) groups is 1. The normalized spacial score (nSPS) is 11.8. The fraction of sp³-hybridized carbons (Fsp3) is 0.250. The van der Waals surface area contributed by atoms with Gasteiger partial charge in [0, 0.05) is 23.7 Å². The number of nitrogens with zero attached hydrogens (tertiary/aromatic N) is 1. The van der Waals surface area contributed by atoms with E-state index in [0.29, 0.717) is 11.3 Å². The van der Waals surface area contributed by atoms with E-state index in [2.05, 4.69) is 9.97 Å². The van der Waals surface area contributed by atoms with Crippen LogP contribution in [0.4, 0.5) is 13.2 Å². The molecule has 0 saturated heterocycles. The molecule has 0 atom stereocenters. The maximum Gasteiger partial charge on any atom is 0.417 e. The summed E-state index contributed by atoms with van der Waals surface area (Å²) >= 11 is 1.48. The largest absolute Gasteiger partial charge is 0.417 e. The van der Waals surface area contributed by atoms with Gasteiger partial charge in [0.15, 0.2) is 0 Å². The summed E-state index contributed by atoms with van der Waals surface area (Å²) in [7, 11) is 0. The smallest absolute Gasteiger partial charge is 0.345 e. The first kappa shape index (κ1) is 13.0. The van der Waals surface area contributed by atoms with Crippen molar-refractivity contribution in [2.75, 3.05) is 6.26 Å². The van der Waals surface area contributed by atoms with Crippen molar-refractivity contribution >= 4 is 11.8 Å². The van der Waals surface area contributed by atoms with Gasteiger partial charge < -0.3 is 4.98 Å². The van der Waals surface area contributed by atoms with Crippen LogP contribution >= 0.6 is 11.8 Å². The van der Waals surface area contributed by atoms with Gasteiger partial charge in [0.25, 0.3) is 0 Å². The van der Waals surface area contributed by atoms with Gasteiger partial charge in [0.1, 0.15) is 5.82 Å². The van der Waals surface area contributed by atoms with Crippen molar-refractivity contribution in [1.29, 1.82) is 0 Å². The van der Waals surface area contributed by atoms with Crippen LogP contribution in [-0.4, -0.2) is 16.2 Å². The van der Waals surface area contributed by atoms with E-state index in [1.807, 2.05) is 6.26 Å². The monoisotopic (exact) mass is 272 g/mol. The van der Waals surface area contributed by atoms with Gasteiger partial charge in [-0.25, -0.2) is 4.98 Å². The van der Waals surface area contributed by atoms with Gasteiger partial charge in [-0.2, -0.15) is 24.9 Å². The second-order valence-corrected chi connectivity index (χ2v) is 4.57. The summed E-state index contributed by atoms with van der Waals surface area (Å²) in [5, 5.41) is 0. The van der Waals surface area contributed by atoms with Crippen LogP contribution < -0.4 is 0 Å². The van der Waals surface area contributed by atoms with E-state index in [1.165, 1.54) is 30.2 Å². The summed E-state index contributed by atoms with van der Waals surface area (Å²) in [4.78, 5) is 6.68. The Morgan fingerprint density at radius 3 is 2.67 bits per heavy atom. The molecule has 0 fully saturated rings. The maximum absolute atomic E-state index is 13.0. The predicted molar refractivity (Wildman–Crippen MR) is 66.2 cm³/mol. The molecule has 1 aromatic carbocycles. The quantitative estimate of drug-likeness (QED) is 0.916. The lowest BCUT2D eigenvalue weighted by molar-refractivity contribution is -0.137. The number of hydrogen-bond acceptors (Lipinski definition) is 2. The zero-order valence-corrected chi connectivity index (χ0v) is 10.4. The molecule has 0 saturated carbocycles. The van der Waals surface area contributed by atoms with Crippen LogP contribution in [0.15, 0.2) is 30.6 Å². The van der Waals surface area contributed by atoms with E-state index in [4.69, 9.17) is 0 Å². The number of alkyl halides is 3. The van der Waals surface area contributed by atoms with Gasteiger partial charge in [-0.05, 0) is 17.9 Å². The summed E-state index contributed by atoms with van der Waals surface area (Å²) in [6.45, 7) is 0. The summed E-state index contributed by atoms with van der Waals surface area (Å²) in [6, 6.07) is 4.21. The van der Waals surface area contributed by atoms with Crippen LogP contribution in [0.2, 0.25) is 0 Å². The van der Waals surface area contributed by atoms with Gasteiger partial charge in [-0.3, -0.25) is 0 Å². The third-order valence-electron chi connectivity index (χ3n) is 2.49. The highest BCUT2D eigenvalue weighted by Crippen LogP contribution is 2.38. The van der Waals surface area contributed by atoms with Crippen molar-refractivity contribution in [3.8, 4) is 11.4 Å².